The average Bonchev–Trinajstić information content (AvgIpc) is 2.65. The van der Waals surface area contributed by atoms with Gasteiger partial charge in [0, 0.05) is 12.6 Å². The Balaban J connectivity index is 1.79. The molecule has 0 saturated carbocycles. The molecule has 1 saturated heterocycles. The summed E-state index contributed by atoms with van der Waals surface area (Å²) in [7, 11) is 0. The van der Waals surface area contributed by atoms with Crippen LogP contribution < -0.4 is 10.6 Å². The summed E-state index contributed by atoms with van der Waals surface area (Å²) in [4.78, 5) is 0. The zero-order valence-corrected chi connectivity index (χ0v) is 10.8. The summed E-state index contributed by atoms with van der Waals surface area (Å²) in [6.07, 6.45) is 4.99. The average molecular weight is 232 g/mol. The van der Waals surface area contributed by atoms with Crippen molar-refractivity contribution in [3.63, 3.8) is 0 Å². The molecule has 0 bridgehead atoms. The van der Waals surface area contributed by atoms with Crippen LogP contribution >= 0.6 is 0 Å². The zero-order valence-electron chi connectivity index (χ0n) is 10.8. The molecule has 1 aliphatic rings. The van der Waals surface area contributed by atoms with Gasteiger partial charge in [0.2, 0.25) is 0 Å². The quantitative estimate of drug-likeness (QED) is 0.833. The van der Waals surface area contributed by atoms with Crippen molar-refractivity contribution < 1.29 is 0 Å². The van der Waals surface area contributed by atoms with Gasteiger partial charge in [-0.2, -0.15) is 0 Å². The number of hydrogen-bond donors (Lipinski definition) is 2. The summed E-state index contributed by atoms with van der Waals surface area (Å²) in [6, 6.07) is 9.68. The van der Waals surface area contributed by atoms with Crippen LogP contribution in [0.1, 0.15) is 37.3 Å². The largest absolute Gasteiger partial charge is 0.317 e. The first kappa shape index (κ1) is 12.6. The van der Waals surface area contributed by atoms with E-state index < -0.39 is 0 Å². The third kappa shape index (κ3) is 4.14. The highest BCUT2D eigenvalue weighted by atomic mass is 14.9. The molecule has 1 aromatic carbocycles. The highest BCUT2D eigenvalue weighted by Crippen LogP contribution is 2.08. The lowest BCUT2D eigenvalue weighted by atomic mass is 10.1. The van der Waals surface area contributed by atoms with Crippen LogP contribution in [0.25, 0.3) is 0 Å². The molecule has 2 rings (SSSR count). The van der Waals surface area contributed by atoms with Crippen LogP contribution in [0.5, 0.6) is 0 Å². The maximum absolute atomic E-state index is 3.68. The van der Waals surface area contributed by atoms with Gasteiger partial charge >= 0.3 is 0 Å². The van der Waals surface area contributed by atoms with Crippen molar-refractivity contribution in [1.82, 2.24) is 10.6 Å². The van der Waals surface area contributed by atoms with Gasteiger partial charge in [-0.15, -0.1) is 0 Å². The van der Waals surface area contributed by atoms with Crippen molar-refractivity contribution in [2.24, 2.45) is 0 Å². The van der Waals surface area contributed by atoms with Crippen LogP contribution in [-0.2, 0) is 13.0 Å². The van der Waals surface area contributed by atoms with Crippen molar-refractivity contribution in [1.29, 1.82) is 0 Å². The fraction of sp³-hybridized carbons (Fsp3) is 0.600. The van der Waals surface area contributed by atoms with E-state index in [1.54, 1.807) is 0 Å². The summed E-state index contributed by atoms with van der Waals surface area (Å²) in [5, 5.41) is 7.13. The maximum atomic E-state index is 3.68. The number of rotatable bonds is 4. The van der Waals surface area contributed by atoms with Crippen LogP contribution in [0.15, 0.2) is 24.3 Å². The van der Waals surface area contributed by atoms with Gasteiger partial charge < -0.3 is 10.6 Å². The van der Waals surface area contributed by atoms with Gasteiger partial charge in [0.25, 0.3) is 0 Å². The Kier molecular flexibility index (Phi) is 5.02. The van der Waals surface area contributed by atoms with Crippen LogP contribution in [0.4, 0.5) is 0 Å². The third-order valence-corrected chi connectivity index (χ3v) is 3.60. The Labute approximate surface area is 105 Å². The van der Waals surface area contributed by atoms with Crippen LogP contribution in [0.3, 0.4) is 0 Å². The minimum atomic E-state index is 0.691. The topological polar surface area (TPSA) is 24.1 Å². The standard InChI is InChI=1S/C15H24N2/c1-2-13-5-7-14(8-6-13)12-17-15-4-3-10-16-11-9-15/h5-8,15-17H,2-4,9-12H2,1H3. The lowest BCUT2D eigenvalue weighted by molar-refractivity contribution is 0.468. The fourth-order valence-corrected chi connectivity index (χ4v) is 2.38. The predicted octanol–water partition coefficient (Wildman–Crippen LogP) is 2.48. The first-order valence-electron chi connectivity index (χ1n) is 6.90. The summed E-state index contributed by atoms with van der Waals surface area (Å²) in [5.74, 6) is 0. The maximum Gasteiger partial charge on any atom is 0.0208 e. The Bertz CT molecular complexity index is 310. The van der Waals surface area contributed by atoms with Crippen molar-refractivity contribution in [3.05, 3.63) is 35.4 Å². The number of aryl methyl sites for hydroxylation is 1. The second-order valence-corrected chi connectivity index (χ2v) is 4.93. The van der Waals surface area contributed by atoms with Gasteiger partial charge in [-0.05, 0) is 49.9 Å². The summed E-state index contributed by atoms with van der Waals surface area (Å²) >= 11 is 0. The molecule has 1 atom stereocenters. The molecule has 1 aliphatic heterocycles. The van der Waals surface area contributed by atoms with E-state index in [1.165, 1.54) is 36.9 Å². The van der Waals surface area contributed by atoms with Gasteiger partial charge in [0.1, 0.15) is 0 Å². The minimum Gasteiger partial charge on any atom is -0.317 e. The molecule has 1 unspecified atom stereocenters. The van der Waals surface area contributed by atoms with Crippen molar-refractivity contribution in [3.8, 4) is 0 Å². The molecule has 2 nitrogen and oxygen atoms in total. The van der Waals surface area contributed by atoms with Crippen LogP contribution in [0, 0.1) is 0 Å². The summed E-state index contributed by atoms with van der Waals surface area (Å²) in [5.41, 5.74) is 2.83. The number of hydrogen-bond acceptors (Lipinski definition) is 2. The van der Waals surface area contributed by atoms with E-state index in [0.29, 0.717) is 6.04 Å². The molecule has 94 valence electrons. The Hall–Kier alpha value is -0.860. The minimum absolute atomic E-state index is 0.691. The van der Waals surface area contributed by atoms with Crippen LogP contribution in [-0.4, -0.2) is 19.1 Å². The molecule has 0 aliphatic carbocycles. The number of benzene rings is 1. The van der Waals surface area contributed by atoms with E-state index in [0.717, 1.165) is 19.5 Å². The summed E-state index contributed by atoms with van der Waals surface area (Å²) < 4.78 is 0. The molecule has 0 aromatic heterocycles. The van der Waals surface area contributed by atoms with Crippen molar-refractivity contribution in [2.75, 3.05) is 13.1 Å². The molecule has 2 heteroatoms. The molecule has 1 aromatic rings. The SMILES string of the molecule is CCc1ccc(CNC2CCCNCC2)cc1. The van der Waals surface area contributed by atoms with Gasteiger partial charge in [0.05, 0.1) is 0 Å². The first-order chi connectivity index (χ1) is 8.38. The molecular weight excluding hydrogens is 208 g/mol. The smallest absolute Gasteiger partial charge is 0.0208 e. The number of nitrogens with one attached hydrogen (secondary N) is 2. The highest BCUT2D eigenvalue weighted by molar-refractivity contribution is 5.22. The second kappa shape index (κ2) is 6.77. The van der Waals surface area contributed by atoms with E-state index in [4.69, 9.17) is 0 Å². The Morgan fingerprint density at radius 3 is 2.65 bits per heavy atom. The Morgan fingerprint density at radius 1 is 1.12 bits per heavy atom. The highest BCUT2D eigenvalue weighted by Gasteiger charge is 2.10. The molecular formula is C15H24N2. The summed E-state index contributed by atoms with van der Waals surface area (Å²) in [6.45, 7) is 5.55. The molecule has 0 spiro atoms. The monoisotopic (exact) mass is 232 g/mol. The molecule has 1 heterocycles. The Morgan fingerprint density at radius 2 is 1.88 bits per heavy atom. The first-order valence-corrected chi connectivity index (χ1v) is 6.90. The van der Waals surface area contributed by atoms with Gasteiger partial charge in [-0.1, -0.05) is 31.2 Å². The fourth-order valence-electron chi connectivity index (χ4n) is 2.38. The van der Waals surface area contributed by atoms with Crippen molar-refractivity contribution >= 4 is 0 Å². The van der Waals surface area contributed by atoms with E-state index in [2.05, 4.69) is 41.8 Å². The lowest BCUT2D eigenvalue weighted by Gasteiger charge is -2.16. The molecule has 0 amide bonds. The predicted molar refractivity (Wildman–Crippen MR) is 73.2 cm³/mol. The molecule has 17 heavy (non-hydrogen) atoms. The molecule has 0 radical (unpaired) electrons. The van der Waals surface area contributed by atoms with E-state index in [-0.39, 0.29) is 0 Å². The normalized spacial score (nSPS) is 21.1. The van der Waals surface area contributed by atoms with E-state index in [9.17, 15) is 0 Å². The van der Waals surface area contributed by atoms with E-state index >= 15 is 0 Å². The third-order valence-electron chi connectivity index (χ3n) is 3.60. The van der Waals surface area contributed by atoms with Gasteiger partial charge in [-0.25, -0.2) is 0 Å². The van der Waals surface area contributed by atoms with Gasteiger partial charge in [0.15, 0.2) is 0 Å². The van der Waals surface area contributed by atoms with E-state index in [1.807, 2.05) is 0 Å². The molecule has 1 fully saturated rings. The molecule has 2 N–H and O–H groups in total. The van der Waals surface area contributed by atoms with Crippen molar-refractivity contribution in [2.45, 2.75) is 45.2 Å². The van der Waals surface area contributed by atoms with Gasteiger partial charge in [-0.3, -0.25) is 0 Å². The second-order valence-electron chi connectivity index (χ2n) is 4.93. The lowest BCUT2D eigenvalue weighted by Crippen LogP contribution is -2.29. The van der Waals surface area contributed by atoms with Crippen LogP contribution in [0.2, 0.25) is 0 Å². The zero-order chi connectivity index (χ0) is 11.9.